The number of nitrogens with two attached hydrogens (primary N) is 1. The largest absolute Gasteiger partial charge is 0.376 e. The molecule has 1 aliphatic heterocycles. The fourth-order valence-electron chi connectivity index (χ4n) is 2.77. The predicted molar refractivity (Wildman–Crippen MR) is 72.5 cm³/mol. The van der Waals surface area contributed by atoms with Crippen LogP contribution in [0.5, 0.6) is 0 Å². The summed E-state index contributed by atoms with van der Waals surface area (Å²) in [5, 5.41) is 4.63. The highest BCUT2D eigenvalue weighted by molar-refractivity contribution is 5.27. The van der Waals surface area contributed by atoms with Gasteiger partial charge >= 0.3 is 0 Å². The third kappa shape index (κ3) is 2.75. The summed E-state index contributed by atoms with van der Waals surface area (Å²) in [5.74, 6) is 0. The zero-order valence-corrected chi connectivity index (χ0v) is 11.8. The first-order valence-corrected chi connectivity index (χ1v) is 7.04. The van der Waals surface area contributed by atoms with Crippen LogP contribution in [0.2, 0.25) is 0 Å². The van der Waals surface area contributed by atoms with E-state index in [1.807, 2.05) is 0 Å². The molecule has 2 N–H and O–H groups in total. The van der Waals surface area contributed by atoms with Crippen molar-refractivity contribution in [2.75, 3.05) is 6.61 Å². The minimum absolute atomic E-state index is 0.103. The molecule has 1 saturated heterocycles. The molecule has 4 nitrogen and oxygen atoms in total. The van der Waals surface area contributed by atoms with Crippen LogP contribution in [-0.2, 0) is 11.3 Å². The minimum atomic E-state index is 0.103. The van der Waals surface area contributed by atoms with Gasteiger partial charge in [-0.25, -0.2) is 0 Å². The van der Waals surface area contributed by atoms with Crippen molar-refractivity contribution in [3.05, 3.63) is 17.0 Å². The second-order valence-electron chi connectivity index (χ2n) is 5.27. The minimum Gasteiger partial charge on any atom is -0.376 e. The topological polar surface area (TPSA) is 53.1 Å². The highest BCUT2D eigenvalue weighted by Gasteiger charge is 2.20. The molecule has 1 fully saturated rings. The Bertz CT molecular complexity index is 394. The van der Waals surface area contributed by atoms with E-state index in [4.69, 9.17) is 10.5 Å². The lowest BCUT2D eigenvalue weighted by Crippen LogP contribution is -2.25. The Morgan fingerprint density at radius 3 is 2.83 bits per heavy atom. The summed E-state index contributed by atoms with van der Waals surface area (Å²) in [6.45, 7) is 8.04. The Hall–Kier alpha value is -0.870. The third-order valence-electron chi connectivity index (χ3n) is 3.90. The molecule has 0 spiro atoms. The maximum Gasteiger partial charge on any atom is 0.0771 e. The lowest BCUT2D eigenvalue weighted by Gasteiger charge is -2.23. The number of hydrogen-bond acceptors (Lipinski definition) is 3. The molecule has 102 valence electrons. The van der Waals surface area contributed by atoms with E-state index in [1.54, 1.807) is 0 Å². The van der Waals surface area contributed by atoms with Crippen molar-refractivity contribution in [2.45, 2.75) is 65.1 Å². The molecular weight excluding hydrogens is 226 g/mol. The van der Waals surface area contributed by atoms with Crippen molar-refractivity contribution in [2.24, 2.45) is 5.73 Å². The van der Waals surface area contributed by atoms with E-state index in [-0.39, 0.29) is 6.04 Å². The Kier molecular flexibility index (Phi) is 4.40. The molecule has 1 aromatic rings. The van der Waals surface area contributed by atoms with E-state index < -0.39 is 0 Å². The summed E-state index contributed by atoms with van der Waals surface area (Å²) < 4.78 is 7.86. The van der Waals surface area contributed by atoms with Crippen LogP contribution in [0.1, 0.15) is 55.6 Å². The van der Waals surface area contributed by atoms with Crippen LogP contribution >= 0.6 is 0 Å². The number of aryl methyl sites for hydroxylation is 1. The van der Waals surface area contributed by atoms with Gasteiger partial charge in [-0.15, -0.1) is 0 Å². The van der Waals surface area contributed by atoms with Crippen molar-refractivity contribution in [3.8, 4) is 0 Å². The molecule has 0 aromatic carbocycles. The molecule has 1 aliphatic rings. The van der Waals surface area contributed by atoms with Crippen molar-refractivity contribution in [3.63, 3.8) is 0 Å². The van der Waals surface area contributed by atoms with E-state index in [0.717, 1.165) is 31.7 Å². The molecular formula is C14H25N3O. The maximum atomic E-state index is 6.16. The van der Waals surface area contributed by atoms with Crippen LogP contribution in [0.3, 0.4) is 0 Å². The number of ether oxygens (including phenoxy) is 1. The fraction of sp³-hybridized carbons (Fsp3) is 0.786. The zero-order chi connectivity index (χ0) is 13.1. The first-order valence-electron chi connectivity index (χ1n) is 7.04. The average molecular weight is 251 g/mol. The van der Waals surface area contributed by atoms with E-state index in [2.05, 4.69) is 30.6 Å². The molecule has 4 heteroatoms. The van der Waals surface area contributed by atoms with Gasteiger partial charge in [-0.1, -0.05) is 6.92 Å². The lowest BCUT2D eigenvalue weighted by atomic mass is 10.0. The van der Waals surface area contributed by atoms with Crippen LogP contribution in [0.4, 0.5) is 0 Å². The van der Waals surface area contributed by atoms with Gasteiger partial charge in [-0.05, 0) is 39.5 Å². The summed E-state index contributed by atoms with van der Waals surface area (Å²) in [6.07, 6.45) is 4.88. The second-order valence-corrected chi connectivity index (χ2v) is 5.27. The van der Waals surface area contributed by atoms with Crippen molar-refractivity contribution >= 4 is 0 Å². The molecule has 0 radical (unpaired) electrons. The van der Waals surface area contributed by atoms with Crippen LogP contribution < -0.4 is 5.73 Å². The summed E-state index contributed by atoms with van der Waals surface area (Å²) in [4.78, 5) is 0. The Labute approximate surface area is 110 Å². The first kappa shape index (κ1) is 13.6. The monoisotopic (exact) mass is 251 g/mol. The van der Waals surface area contributed by atoms with Crippen molar-refractivity contribution in [1.29, 1.82) is 0 Å². The number of hydrogen-bond donors (Lipinski definition) is 1. The van der Waals surface area contributed by atoms with E-state index in [9.17, 15) is 0 Å². The highest BCUT2D eigenvalue weighted by Crippen LogP contribution is 2.23. The van der Waals surface area contributed by atoms with E-state index in [0.29, 0.717) is 6.10 Å². The molecule has 2 atom stereocenters. The van der Waals surface area contributed by atoms with E-state index >= 15 is 0 Å². The number of rotatable bonds is 4. The molecule has 1 aromatic heterocycles. The van der Waals surface area contributed by atoms with Crippen LogP contribution in [0.15, 0.2) is 0 Å². The normalized spacial score (nSPS) is 22.1. The van der Waals surface area contributed by atoms with Gasteiger partial charge < -0.3 is 10.5 Å². The van der Waals surface area contributed by atoms with Gasteiger partial charge in [-0.2, -0.15) is 5.10 Å². The van der Waals surface area contributed by atoms with Gasteiger partial charge in [0.1, 0.15) is 0 Å². The summed E-state index contributed by atoms with van der Waals surface area (Å²) >= 11 is 0. The van der Waals surface area contributed by atoms with Gasteiger partial charge in [0.05, 0.1) is 18.3 Å². The van der Waals surface area contributed by atoms with Crippen molar-refractivity contribution in [1.82, 2.24) is 9.78 Å². The Morgan fingerprint density at radius 1 is 1.44 bits per heavy atom. The molecule has 0 bridgehead atoms. The molecule has 0 aliphatic carbocycles. The Balaban J connectivity index is 2.13. The van der Waals surface area contributed by atoms with Gasteiger partial charge in [0.15, 0.2) is 0 Å². The van der Waals surface area contributed by atoms with Crippen LogP contribution in [-0.4, -0.2) is 22.5 Å². The first-order chi connectivity index (χ1) is 8.63. The predicted octanol–water partition coefficient (Wildman–Crippen LogP) is 2.48. The fourth-order valence-corrected chi connectivity index (χ4v) is 2.77. The quantitative estimate of drug-likeness (QED) is 0.894. The standard InChI is InChI=1S/C14H25N3O/c1-4-13(15)14-10(2)16-17(11(14)3)9-12-7-5-6-8-18-12/h12-13H,4-9,15H2,1-3H3. The summed E-state index contributed by atoms with van der Waals surface area (Å²) in [5.41, 5.74) is 9.65. The van der Waals surface area contributed by atoms with Crippen molar-refractivity contribution < 1.29 is 4.74 Å². The summed E-state index contributed by atoms with van der Waals surface area (Å²) in [7, 11) is 0. The van der Waals surface area contributed by atoms with E-state index in [1.165, 1.54) is 24.1 Å². The molecule has 2 heterocycles. The zero-order valence-electron chi connectivity index (χ0n) is 11.8. The van der Waals surface area contributed by atoms with Gasteiger partial charge in [-0.3, -0.25) is 4.68 Å². The SMILES string of the molecule is CCC(N)c1c(C)nn(CC2CCCCO2)c1C. The van der Waals surface area contributed by atoms with Gasteiger partial charge in [0.2, 0.25) is 0 Å². The average Bonchev–Trinajstić information content (AvgIpc) is 2.65. The second kappa shape index (κ2) is 5.85. The van der Waals surface area contributed by atoms with Gasteiger partial charge in [0, 0.05) is 23.9 Å². The maximum absolute atomic E-state index is 6.16. The third-order valence-corrected chi connectivity index (χ3v) is 3.90. The Morgan fingerprint density at radius 2 is 2.22 bits per heavy atom. The molecule has 0 saturated carbocycles. The molecule has 2 unspecified atom stereocenters. The molecule has 2 rings (SSSR count). The lowest BCUT2D eigenvalue weighted by molar-refractivity contribution is 0.00360. The summed E-state index contributed by atoms with van der Waals surface area (Å²) in [6, 6.07) is 0.103. The van der Waals surface area contributed by atoms with Gasteiger partial charge in [0.25, 0.3) is 0 Å². The molecule has 18 heavy (non-hydrogen) atoms. The number of aromatic nitrogens is 2. The highest BCUT2D eigenvalue weighted by atomic mass is 16.5. The molecule has 0 amide bonds. The number of nitrogens with zero attached hydrogens (tertiary/aromatic N) is 2. The van der Waals surface area contributed by atoms with Crippen LogP contribution in [0.25, 0.3) is 0 Å². The smallest absolute Gasteiger partial charge is 0.0771 e. The van der Waals surface area contributed by atoms with Crippen LogP contribution in [0, 0.1) is 13.8 Å².